The molecular weight excluding hydrogens is 219 g/mol. The Bertz CT molecular complexity index is 418. The van der Waals surface area contributed by atoms with E-state index in [0.29, 0.717) is 0 Å². The zero-order chi connectivity index (χ0) is 7.97. The zero-order valence-electron chi connectivity index (χ0n) is 7.28. The molecule has 74 valence electrons. The predicted octanol–water partition coefficient (Wildman–Crippen LogP) is 3.44. The summed E-state index contributed by atoms with van der Waals surface area (Å²) in [6.07, 6.45) is 0. The highest BCUT2D eigenvalue weighted by Crippen LogP contribution is 2.34. The van der Waals surface area contributed by atoms with Gasteiger partial charge < -0.3 is 10.9 Å². The maximum atomic E-state index is 3.12. The van der Waals surface area contributed by atoms with Crippen LogP contribution in [0.3, 0.4) is 0 Å². The van der Waals surface area contributed by atoms with E-state index in [9.17, 15) is 0 Å². The third kappa shape index (κ3) is 1.37. The highest BCUT2D eigenvalue weighted by atomic mass is 35.5. The normalized spacial score (nSPS) is 10.9. The third-order valence-electron chi connectivity index (χ3n) is 2.24. The molecule has 0 fully saturated rings. The Balaban J connectivity index is 0.000000490. The Labute approximate surface area is 94.5 Å². The van der Waals surface area contributed by atoms with Gasteiger partial charge in [0.05, 0.1) is 11.4 Å². The van der Waals surface area contributed by atoms with Crippen molar-refractivity contribution in [2.24, 2.45) is 0 Å². The quantitative estimate of drug-likeness (QED) is 0.723. The Hall–Kier alpha value is -1.12. The minimum atomic E-state index is 0. The summed E-state index contributed by atoms with van der Waals surface area (Å²) in [7, 11) is 0. The van der Waals surface area contributed by atoms with Gasteiger partial charge in [-0.05, 0) is 17.5 Å². The van der Waals surface area contributed by atoms with Gasteiger partial charge in [-0.2, -0.15) is 0 Å². The number of benzene rings is 2. The maximum Gasteiger partial charge on any atom is 0.0639 e. The van der Waals surface area contributed by atoms with Crippen molar-refractivity contribution in [3.8, 4) is 0 Å². The van der Waals surface area contributed by atoms with Gasteiger partial charge in [-0.3, -0.25) is 0 Å². The van der Waals surface area contributed by atoms with Crippen LogP contribution in [0.2, 0.25) is 0 Å². The van der Waals surface area contributed by atoms with Gasteiger partial charge in [-0.15, -0.1) is 24.8 Å². The SMILES string of the molecule is Cl.Cl.c1cc2c3c(cccc3c1)NN2. The van der Waals surface area contributed by atoms with E-state index in [1.54, 1.807) is 0 Å². The van der Waals surface area contributed by atoms with Crippen LogP contribution in [0.15, 0.2) is 36.4 Å². The fourth-order valence-corrected chi connectivity index (χ4v) is 1.68. The first kappa shape index (κ1) is 11.0. The molecule has 0 aliphatic carbocycles. The van der Waals surface area contributed by atoms with E-state index in [0.717, 1.165) is 0 Å². The van der Waals surface area contributed by atoms with Crippen LogP contribution < -0.4 is 10.9 Å². The Morgan fingerprint density at radius 3 is 1.71 bits per heavy atom. The van der Waals surface area contributed by atoms with Gasteiger partial charge in [0.15, 0.2) is 0 Å². The molecule has 0 radical (unpaired) electrons. The number of anilines is 2. The molecule has 1 heterocycles. The molecule has 4 heteroatoms. The largest absolute Gasteiger partial charge is 0.300 e. The molecule has 0 unspecified atom stereocenters. The monoisotopic (exact) mass is 228 g/mol. The fraction of sp³-hybridized carbons (Fsp3) is 0. The number of hydrogen-bond acceptors (Lipinski definition) is 2. The van der Waals surface area contributed by atoms with Crippen LogP contribution in [0, 0.1) is 0 Å². The molecule has 0 bridgehead atoms. The summed E-state index contributed by atoms with van der Waals surface area (Å²) in [4.78, 5) is 0. The molecule has 2 nitrogen and oxygen atoms in total. The van der Waals surface area contributed by atoms with Gasteiger partial charge in [0.2, 0.25) is 0 Å². The molecule has 1 aliphatic rings. The number of hydrogen-bond donors (Lipinski definition) is 2. The van der Waals surface area contributed by atoms with E-state index >= 15 is 0 Å². The Morgan fingerprint density at radius 1 is 0.714 bits per heavy atom. The van der Waals surface area contributed by atoms with Gasteiger partial charge in [0, 0.05) is 5.39 Å². The summed E-state index contributed by atoms with van der Waals surface area (Å²) < 4.78 is 0. The summed E-state index contributed by atoms with van der Waals surface area (Å²) in [6.45, 7) is 0. The molecule has 2 aromatic carbocycles. The Morgan fingerprint density at radius 2 is 1.21 bits per heavy atom. The van der Waals surface area contributed by atoms with E-state index in [2.05, 4.69) is 47.2 Å². The van der Waals surface area contributed by atoms with Crippen LogP contribution in [0.5, 0.6) is 0 Å². The molecule has 0 amide bonds. The van der Waals surface area contributed by atoms with Crippen LogP contribution in [0.25, 0.3) is 10.8 Å². The van der Waals surface area contributed by atoms with E-state index in [1.165, 1.54) is 22.1 Å². The first-order valence-corrected chi connectivity index (χ1v) is 3.99. The molecule has 0 aromatic heterocycles. The second kappa shape index (κ2) is 3.95. The molecule has 2 N–H and O–H groups in total. The smallest absolute Gasteiger partial charge is 0.0639 e. The minimum Gasteiger partial charge on any atom is -0.300 e. The lowest BCUT2D eigenvalue weighted by Gasteiger charge is -1.96. The zero-order valence-corrected chi connectivity index (χ0v) is 8.91. The lowest BCUT2D eigenvalue weighted by molar-refractivity contribution is 1.52. The van der Waals surface area contributed by atoms with Crippen molar-refractivity contribution in [3.63, 3.8) is 0 Å². The summed E-state index contributed by atoms with van der Waals surface area (Å²) in [6, 6.07) is 12.5. The standard InChI is InChI=1S/C10H8N2.2ClH/c1-3-7-4-2-6-9-10(7)8(5-1)11-12-9;;/h1-6,11-12H;2*1H. The van der Waals surface area contributed by atoms with Crippen LogP contribution in [-0.4, -0.2) is 0 Å². The summed E-state index contributed by atoms with van der Waals surface area (Å²) in [5.74, 6) is 0. The summed E-state index contributed by atoms with van der Waals surface area (Å²) in [5, 5.41) is 2.57. The molecule has 0 saturated carbocycles. The van der Waals surface area contributed by atoms with Crippen molar-refractivity contribution in [1.29, 1.82) is 0 Å². The molecule has 3 rings (SSSR count). The Kier molecular flexibility index (Phi) is 3.09. The first-order valence-electron chi connectivity index (χ1n) is 3.99. The average Bonchev–Trinajstić information content (AvgIpc) is 2.52. The van der Waals surface area contributed by atoms with Gasteiger partial charge in [-0.1, -0.05) is 24.3 Å². The molecule has 2 aromatic rings. The first-order chi connectivity index (χ1) is 5.95. The van der Waals surface area contributed by atoms with E-state index in [4.69, 9.17) is 0 Å². The van der Waals surface area contributed by atoms with Crippen molar-refractivity contribution >= 4 is 47.0 Å². The minimum absolute atomic E-state index is 0. The molecular formula is C10H10Cl2N2. The molecule has 0 spiro atoms. The van der Waals surface area contributed by atoms with E-state index in [-0.39, 0.29) is 24.8 Å². The van der Waals surface area contributed by atoms with Gasteiger partial charge in [0.1, 0.15) is 0 Å². The lowest BCUT2D eigenvalue weighted by Crippen LogP contribution is -2.00. The van der Waals surface area contributed by atoms with Crippen LogP contribution in [0.4, 0.5) is 11.4 Å². The van der Waals surface area contributed by atoms with Crippen LogP contribution in [0.1, 0.15) is 0 Å². The topological polar surface area (TPSA) is 24.1 Å². The van der Waals surface area contributed by atoms with Crippen molar-refractivity contribution in [2.45, 2.75) is 0 Å². The van der Waals surface area contributed by atoms with Crippen molar-refractivity contribution in [3.05, 3.63) is 36.4 Å². The predicted molar refractivity (Wildman–Crippen MR) is 65.7 cm³/mol. The number of rotatable bonds is 0. The van der Waals surface area contributed by atoms with E-state index in [1.807, 2.05) is 0 Å². The third-order valence-corrected chi connectivity index (χ3v) is 2.24. The highest BCUT2D eigenvalue weighted by molar-refractivity contribution is 6.06. The summed E-state index contributed by atoms with van der Waals surface area (Å²) >= 11 is 0. The van der Waals surface area contributed by atoms with Crippen molar-refractivity contribution in [1.82, 2.24) is 0 Å². The van der Waals surface area contributed by atoms with Gasteiger partial charge in [0.25, 0.3) is 0 Å². The number of nitrogens with one attached hydrogen (secondary N) is 2. The molecule has 1 aliphatic heterocycles. The van der Waals surface area contributed by atoms with Crippen LogP contribution in [-0.2, 0) is 0 Å². The van der Waals surface area contributed by atoms with Crippen molar-refractivity contribution < 1.29 is 0 Å². The van der Waals surface area contributed by atoms with Gasteiger partial charge >= 0.3 is 0 Å². The fourth-order valence-electron chi connectivity index (χ4n) is 1.68. The number of hydrazine groups is 1. The second-order valence-corrected chi connectivity index (χ2v) is 2.96. The average molecular weight is 229 g/mol. The highest BCUT2D eigenvalue weighted by Gasteiger charge is 2.10. The number of halogens is 2. The molecule has 14 heavy (non-hydrogen) atoms. The maximum absolute atomic E-state index is 3.12. The molecule has 0 saturated heterocycles. The summed E-state index contributed by atoms with van der Waals surface area (Å²) in [5.41, 5.74) is 8.59. The van der Waals surface area contributed by atoms with E-state index < -0.39 is 0 Å². The lowest BCUT2D eigenvalue weighted by atomic mass is 10.1. The second-order valence-electron chi connectivity index (χ2n) is 2.96. The van der Waals surface area contributed by atoms with Gasteiger partial charge in [-0.25, -0.2) is 0 Å². The molecule has 0 atom stereocenters. The van der Waals surface area contributed by atoms with Crippen LogP contribution >= 0.6 is 24.8 Å². The van der Waals surface area contributed by atoms with Crippen molar-refractivity contribution in [2.75, 3.05) is 10.9 Å².